The molecular weight excluding hydrogens is 354 g/mol. The van der Waals surface area contributed by atoms with Crippen LogP contribution in [0.25, 0.3) is 0 Å². The second kappa shape index (κ2) is 7.55. The van der Waals surface area contributed by atoms with Gasteiger partial charge in [-0.25, -0.2) is 4.79 Å². The number of rotatable bonds is 6. The maximum atomic E-state index is 12.4. The van der Waals surface area contributed by atoms with Gasteiger partial charge in [0, 0.05) is 16.0 Å². The number of ether oxygens (including phenoxy) is 1. The molecule has 0 saturated carbocycles. The molecule has 1 unspecified atom stereocenters. The van der Waals surface area contributed by atoms with E-state index in [0.29, 0.717) is 21.6 Å². The minimum atomic E-state index is -1.39. The first-order valence-corrected chi connectivity index (χ1v) is 8.68. The van der Waals surface area contributed by atoms with Gasteiger partial charge >= 0.3 is 5.97 Å². The fraction of sp³-hybridized carbons (Fsp3) is 0.158. The van der Waals surface area contributed by atoms with Gasteiger partial charge in [-0.05, 0) is 41.8 Å². The first-order chi connectivity index (χ1) is 12.5. The van der Waals surface area contributed by atoms with E-state index in [1.165, 1.54) is 55.2 Å². The quantitative estimate of drug-likeness (QED) is 0.651. The molecule has 0 aliphatic carbocycles. The van der Waals surface area contributed by atoms with Crippen molar-refractivity contribution in [3.8, 4) is 0 Å². The number of aliphatic hydroxyl groups is 1. The average Bonchev–Trinajstić information content (AvgIpc) is 3.39. The largest absolute Gasteiger partial charge is 0.472 e. The molecule has 0 radical (unpaired) electrons. The number of benzene rings is 1. The van der Waals surface area contributed by atoms with E-state index < -0.39 is 11.6 Å². The Morgan fingerprint density at radius 3 is 2.50 bits per heavy atom. The number of carbonyl (C=O) groups is 2. The van der Waals surface area contributed by atoms with Gasteiger partial charge in [0.1, 0.15) is 5.60 Å². The van der Waals surface area contributed by atoms with Crippen LogP contribution in [0.3, 0.4) is 0 Å². The highest BCUT2D eigenvalue weighted by atomic mass is 32.1. The molecular formula is C19H17NO5S. The smallest absolute Gasteiger partial charge is 0.337 e. The van der Waals surface area contributed by atoms with Crippen LogP contribution in [0, 0.1) is 0 Å². The summed E-state index contributed by atoms with van der Waals surface area (Å²) in [5.74, 6) is -0.830. The Labute approximate surface area is 154 Å². The number of hydrogen-bond donors (Lipinski definition) is 2. The van der Waals surface area contributed by atoms with Crippen LogP contribution < -0.4 is 5.32 Å². The van der Waals surface area contributed by atoms with Crippen LogP contribution in [-0.2, 0) is 10.3 Å². The molecule has 0 fully saturated rings. The van der Waals surface area contributed by atoms with Crippen LogP contribution in [-0.4, -0.2) is 30.6 Å². The molecule has 1 amide bonds. The van der Waals surface area contributed by atoms with E-state index in [-0.39, 0.29) is 12.5 Å². The van der Waals surface area contributed by atoms with Crippen LogP contribution >= 0.6 is 11.3 Å². The van der Waals surface area contributed by atoms with Gasteiger partial charge in [-0.3, -0.25) is 4.79 Å². The minimum Gasteiger partial charge on any atom is -0.472 e. The Morgan fingerprint density at radius 1 is 1.19 bits per heavy atom. The highest BCUT2D eigenvalue weighted by Crippen LogP contribution is 2.32. The number of methoxy groups -OCH3 is 1. The van der Waals surface area contributed by atoms with Crippen molar-refractivity contribution < 1.29 is 23.8 Å². The summed E-state index contributed by atoms with van der Waals surface area (Å²) in [4.78, 5) is 24.6. The lowest BCUT2D eigenvalue weighted by atomic mass is 9.94. The van der Waals surface area contributed by atoms with Crippen molar-refractivity contribution in [2.75, 3.05) is 13.7 Å². The van der Waals surface area contributed by atoms with Gasteiger partial charge in [0.05, 0.1) is 31.7 Å². The Hall–Kier alpha value is -2.90. The Morgan fingerprint density at radius 2 is 1.92 bits per heavy atom. The molecule has 2 N–H and O–H groups in total. The third-order valence-electron chi connectivity index (χ3n) is 4.00. The van der Waals surface area contributed by atoms with Crippen molar-refractivity contribution in [3.63, 3.8) is 0 Å². The summed E-state index contributed by atoms with van der Waals surface area (Å²) in [6, 6.07) is 11.4. The van der Waals surface area contributed by atoms with Crippen molar-refractivity contribution in [1.29, 1.82) is 0 Å². The third-order valence-corrected chi connectivity index (χ3v) is 5.02. The highest BCUT2D eigenvalue weighted by molar-refractivity contribution is 7.10. The summed E-state index contributed by atoms with van der Waals surface area (Å²) in [6.07, 6.45) is 2.93. The van der Waals surface area contributed by atoms with E-state index in [1.54, 1.807) is 12.1 Å². The molecule has 3 rings (SSSR count). The molecule has 3 aromatic rings. The van der Waals surface area contributed by atoms with Crippen molar-refractivity contribution in [2.24, 2.45) is 0 Å². The van der Waals surface area contributed by atoms with Crippen LogP contribution in [0.15, 0.2) is 64.8 Å². The molecule has 1 atom stereocenters. The van der Waals surface area contributed by atoms with E-state index in [0.717, 1.165) is 0 Å². The van der Waals surface area contributed by atoms with E-state index in [2.05, 4.69) is 10.1 Å². The summed E-state index contributed by atoms with van der Waals surface area (Å²) < 4.78 is 9.72. The fourth-order valence-electron chi connectivity index (χ4n) is 2.53. The molecule has 134 valence electrons. The van der Waals surface area contributed by atoms with E-state index >= 15 is 0 Å². The average molecular weight is 371 g/mol. The van der Waals surface area contributed by atoms with Crippen LogP contribution in [0.1, 0.15) is 31.2 Å². The molecule has 6 nitrogen and oxygen atoms in total. The molecule has 26 heavy (non-hydrogen) atoms. The molecule has 2 heterocycles. The molecule has 2 aromatic heterocycles. The van der Waals surface area contributed by atoms with E-state index in [4.69, 9.17) is 4.42 Å². The Kier molecular flexibility index (Phi) is 5.20. The molecule has 0 spiro atoms. The van der Waals surface area contributed by atoms with Crippen LogP contribution in [0.2, 0.25) is 0 Å². The number of hydrogen-bond acceptors (Lipinski definition) is 6. The Balaban J connectivity index is 1.75. The second-order valence-corrected chi connectivity index (χ2v) is 6.55. The third kappa shape index (κ3) is 3.54. The molecule has 0 saturated heterocycles. The zero-order valence-corrected chi connectivity index (χ0v) is 14.8. The normalized spacial score (nSPS) is 13.0. The predicted octanol–water partition coefficient (Wildman–Crippen LogP) is 2.79. The van der Waals surface area contributed by atoms with Crippen LogP contribution in [0.5, 0.6) is 0 Å². The summed E-state index contributed by atoms with van der Waals surface area (Å²) >= 11 is 1.39. The lowest BCUT2D eigenvalue weighted by Gasteiger charge is -2.26. The van der Waals surface area contributed by atoms with Crippen LogP contribution in [0.4, 0.5) is 0 Å². The molecule has 1 aromatic carbocycles. The minimum absolute atomic E-state index is 0.0232. The maximum Gasteiger partial charge on any atom is 0.337 e. The molecule has 0 bridgehead atoms. The molecule has 7 heteroatoms. The predicted molar refractivity (Wildman–Crippen MR) is 96.1 cm³/mol. The summed E-state index contributed by atoms with van der Waals surface area (Å²) in [5, 5.41) is 15.7. The van der Waals surface area contributed by atoms with E-state index in [9.17, 15) is 14.7 Å². The lowest BCUT2D eigenvalue weighted by Crippen LogP contribution is -2.41. The van der Waals surface area contributed by atoms with Crippen molar-refractivity contribution >= 4 is 23.2 Å². The topological polar surface area (TPSA) is 88.8 Å². The van der Waals surface area contributed by atoms with Gasteiger partial charge in [-0.2, -0.15) is 0 Å². The van der Waals surface area contributed by atoms with Gasteiger partial charge in [0.2, 0.25) is 0 Å². The summed E-state index contributed by atoms with van der Waals surface area (Å²) in [5.41, 5.74) is -0.0971. The standard InChI is InChI=1S/C19H17NO5S/c1-24-18(22)14-6-4-13(5-7-14)17(21)20-12-19(23,15-8-9-25-11-15)16-3-2-10-26-16/h2-11,23H,12H2,1H3,(H,20,21). The van der Waals surface area contributed by atoms with Gasteiger partial charge in [0.15, 0.2) is 0 Å². The zero-order valence-electron chi connectivity index (χ0n) is 14.0. The van der Waals surface area contributed by atoms with E-state index in [1.807, 2.05) is 11.4 Å². The monoisotopic (exact) mass is 371 g/mol. The first-order valence-electron chi connectivity index (χ1n) is 7.80. The number of thiophene rings is 1. The molecule has 0 aliphatic rings. The second-order valence-electron chi connectivity index (χ2n) is 5.60. The van der Waals surface area contributed by atoms with Gasteiger partial charge in [-0.1, -0.05) is 6.07 Å². The van der Waals surface area contributed by atoms with Gasteiger partial charge in [-0.15, -0.1) is 11.3 Å². The summed E-state index contributed by atoms with van der Waals surface area (Å²) in [6.45, 7) is -0.0232. The zero-order chi connectivity index (χ0) is 18.6. The molecule has 0 aliphatic heterocycles. The number of furan rings is 1. The first kappa shape index (κ1) is 17.9. The number of esters is 1. The highest BCUT2D eigenvalue weighted by Gasteiger charge is 2.34. The SMILES string of the molecule is COC(=O)c1ccc(C(=O)NCC(O)(c2ccoc2)c2cccs2)cc1. The number of amides is 1. The van der Waals surface area contributed by atoms with Crippen molar-refractivity contribution in [3.05, 3.63) is 81.9 Å². The lowest BCUT2D eigenvalue weighted by molar-refractivity contribution is 0.0600. The number of nitrogens with one attached hydrogen (secondary N) is 1. The van der Waals surface area contributed by atoms with Gasteiger partial charge in [0.25, 0.3) is 5.91 Å². The Bertz CT molecular complexity index is 835. The van der Waals surface area contributed by atoms with Gasteiger partial charge < -0.3 is 19.6 Å². The fourth-order valence-corrected chi connectivity index (χ4v) is 3.38. The summed E-state index contributed by atoms with van der Waals surface area (Å²) in [7, 11) is 1.30. The van der Waals surface area contributed by atoms with Crippen molar-refractivity contribution in [1.82, 2.24) is 5.32 Å². The van der Waals surface area contributed by atoms with Crippen molar-refractivity contribution in [2.45, 2.75) is 5.60 Å². The number of carbonyl (C=O) groups excluding carboxylic acids is 2. The maximum absolute atomic E-state index is 12.4.